The number of aliphatic hydroxyl groups is 1. The summed E-state index contributed by atoms with van der Waals surface area (Å²) in [6, 6.07) is 12.8. The van der Waals surface area contributed by atoms with Gasteiger partial charge in [0.15, 0.2) is 0 Å². The molecule has 1 aliphatic carbocycles. The van der Waals surface area contributed by atoms with Crippen molar-refractivity contribution in [2.45, 2.75) is 88.2 Å². The van der Waals surface area contributed by atoms with E-state index in [1.165, 1.54) is 40.8 Å². The zero-order chi connectivity index (χ0) is 22.2. The van der Waals surface area contributed by atoms with Gasteiger partial charge < -0.3 is 14.4 Å². The van der Waals surface area contributed by atoms with Crippen molar-refractivity contribution in [1.29, 1.82) is 0 Å². The Hall–Kier alpha value is -1.98. The van der Waals surface area contributed by atoms with Crippen LogP contribution in [0.25, 0.3) is 10.9 Å². The standard InChI is InChI=1S/C26H34N2O2S/c1-25(2,3)31-24-21-15-20(30-17-18-9-6-7-14-27-18)12-13-22(21)28(19-10-8-11-19)23(24)16-26(4,5)29/h6-7,9,12-15,19,29H,8,10-11,16-17H2,1-5H3. The molecule has 0 unspecified atom stereocenters. The van der Waals surface area contributed by atoms with Gasteiger partial charge in [0.2, 0.25) is 0 Å². The van der Waals surface area contributed by atoms with Gasteiger partial charge in [0.05, 0.1) is 11.3 Å². The van der Waals surface area contributed by atoms with E-state index in [1.54, 1.807) is 6.20 Å². The molecule has 0 aliphatic heterocycles. The fourth-order valence-electron chi connectivity index (χ4n) is 4.11. The molecule has 2 aromatic heterocycles. The van der Waals surface area contributed by atoms with Crippen LogP contribution >= 0.6 is 11.8 Å². The van der Waals surface area contributed by atoms with Crippen LogP contribution in [0, 0.1) is 0 Å². The Balaban J connectivity index is 1.79. The van der Waals surface area contributed by atoms with Gasteiger partial charge in [-0.2, -0.15) is 0 Å². The van der Waals surface area contributed by atoms with Crippen LogP contribution in [0.1, 0.15) is 71.3 Å². The summed E-state index contributed by atoms with van der Waals surface area (Å²) in [5.41, 5.74) is 2.66. The first-order chi connectivity index (χ1) is 14.6. The summed E-state index contributed by atoms with van der Waals surface area (Å²) in [6.45, 7) is 11.0. The Bertz CT molecular complexity index is 1040. The molecule has 4 nitrogen and oxygen atoms in total. The molecular weight excluding hydrogens is 404 g/mol. The summed E-state index contributed by atoms with van der Waals surface area (Å²) in [6.07, 6.45) is 6.13. The summed E-state index contributed by atoms with van der Waals surface area (Å²) >= 11 is 1.89. The van der Waals surface area contributed by atoms with Gasteiger partial charge in [0.25, 0.3) is 0 Å². The zero-order valence-corrected chi connectivity index (χ0v) is 20.1. The average molecular weight is 439 g/mol. The molecule has 2 heterocycles. The minimum atomic E-state index is -0.763. The van der Waals surface area contributed by atoms with Crippen LogP contribution in [-0.2, 0) is 13.0 Å². The van der Waals surface area contributed by atoms with E-state index in [-0.39, 0.29) is 4.75 Å². The molecule has 31 heavy (non-hydrogen) atoms. The predicted octanol–water partition coefficient (Wildman–Crippen LogP) is 6.54. The second kappa shape index (κ2) is 8.51. The molecule has 4 rings (SSSR count). The maximum absolute atomic E-state index is 10.7. The molecule has 0 spiro atoms. The van der Waals surface area contributed by atoms with Gasteiger partial charge in [-0.3, -0.25) is 4.98 Å². The van der Waals surface area contributed by atoms with Gasteiger partial charge in [-0.15, -0.1) is 11.8 Å². The second-order valence-corrected chi connectivity index (χ2v) is 12.1. The first-order valence-electron chi connectivity index (χ1n) is 11.2. The van der Waals surface area contributed by atoms with Gasteiger partial charge in [-0.25, -0.2) is 0 Å². The SMILES string of the molecule is CC(C)(O)Cc1c(SC(C)(C)C)c2cc(OCc3ccccn3)ccc2n1C1CCC1. The third kappa shape index (κ3) is 5.27. The lowest BCUT2D eigenvalue weighted by molar-refractivity contribution is 0.0773. The van der Waals surface area contributed by atoms with Crippen molar-refractivity contribution in [2.24, 2.45) is 0 Å². The summed E-state index contributed by atoms with van der Waals surface area (Å²) in [5, 5.41) is 12.0. The minimum Gasteiger partial charge on any atom is -0.487 e. The Morgan fingerprint density at radius 1 is 1.13 bits per heavy atom. The van der Waals surface area contributed by atoms with E-state index in [0.29, 0.717) is 19.1 Å². The lowest BCUT2D eigenvalue weighted by Crippen LogP contribution is -2.27. The number of thioether (sulfide) groups is 1. The zero-order valence-electron chi connectivity index (χ0n) is 19.3. The first-order valence-corrected chi connectivity index (χ1v) is 12.0. The molecule has 1 saturated carbocycles. The summed E-state index contributed by atoms with van der Waals surface area (Å²) in [5.74, 6) is 0.856. The Morgan fingerprint density at radius 3 is 2.48 bits per heavy atom. The number of hydrogen-bond donors (Lipinski definition) is 1. The topological polar surface area (TPSA) is 47.3 Å². The van der Waals surface area contributed by atoms with E-state index < -0.39 is 5.60 Å². The van der Waals surface area contributed by atoms with Crippen LogP contribution in [0.3, 0.4) is 0 Å². The van der Waals surface area contributed by atoms with Gasteiger partial charge in [0, 0.05) is 44.9 Å². The van der Waals surface area contributed by atoms with Crippen LogP contribution in [0.2, 0.25) is 0 Å². The van der Waals surface area contributed by atoms with Gasteiger partial charge >= 0.3 is 0 Å². The predicted molar refractivity (Wildman–Crippen MR) is 129 cm³/mol. The average Bonchev–Trinajstić information content (AvgIpc) is 2.90. The van der Waals surface area contributed by atoms with Crippen LogP contribution in [0.5, 0.6) is 5.75 Å². The number of fused-ring (bicyclic) bond motifs is 1. The van der Waals surface area contributed by atoms with Crippen molar-refractivity contribution in [2.75, 3.05) is 0 Å². The summed E-state index contributed by atoms with van der Waals surface area (Å²) in [7, 11) is 0. The van der Waals surface area contributed by atoms with Crippen molar-refractivity contribution >= 4 is 22.7 Å². The summed E-state index contributed by atoms with van der Waals surface area (Å²) < 4.78 is 8.68. The number of hydrogen-bond acceptors (Lipinski definition) is 4. The third-order valence-electron chi connectivity index (χ3n) is 5.59. The number of rotatable bonds is 7. The molecule has 3 aromatic rings. The quantitative estimate of drug-likeness (QED) is 0.425. The molecule has 5 heteroatoms. The minimum absolute atomic E-state index is 0.0674. The normalized spacial score (nSPS) is 15.3. The molecule has 0 amide bonds. The highest BCUT2D eigenvalue weighted by Crippen LogP contribution is 2.46. The Labute approximate surface area is 190 Å². The smallest absolute Gasteiger partial charge is 0.130 e. The molecular formula is C26H34N2O2S. The molecule has 1 aliphatic rings. The maximum atomic E-state index is 10.7. The molecule has 0 bridgehead atoms. The van der Waals surface area contributed by atoms with E-state index in [9.17, 15) is 5.11 Å². The van der Waals surface area contributed by atoms with E-state index >= 15 is 0 Å². The highest BCUT2D eigenvalue weighted by atomic mass is 32.2. The van der Waals surface area contributed by atoms with Crippen molar-refractivity contribution in [3.05, 3.63) is 54.0 Å². The molecule has 0 radical (unpaired) electrons. The van der Waals surface area contributed by atoms with E-state index in [4.69, 9.17) is 4.74 Å². The van der Waals surface area contributed by atoms with Crippen LogP contribution in [0.4, 0.5) is 0 Å². The monoisotopic (exact) mass is 438 g/mol. The summed E-state index contributed by atoms with van der Waals surface area (Å²) in [4.78, 5) is 5.64. The van der Waals surface area contributed by atoms with Crippen LogP contribution in [0.15, 0.2) is 47.5 Å². The highest BCUT2D eigenvalue weighted by molar-refractivity contribution is 8.00. The molecule has 0 atom stereocenters. The number of nitrogens with zero attached hydrogens (tertiary/aromatic N) is 2. The van der Waals surface area contributed by atoms with Gasteiger partial charge in [-0.05, 0) is 63.4 Å². The van der Waals surface area contributed by atoms with E-state index in [0.717, 1.165) is 11.4 Å². The number of benzene rings is 1. The molecule has 1 N–H and O–H groups in total. The van der Waals surface area contributed by atoms with E-state index in [2.05, 4.69) is 48.5 Å². The molecule has 1 aromatic carbocycles. The fraction of sp³-hybridized carbons (Fsp3) is 0.500. The van der Waals surface area contributed by atoms with Crippen molar-refractivity contribution in [3.8, 4) is 5.75 Å². The molecule has 1 fully saturated rings. The number of aromatic nitrogens is 2. The molecule has 166 valence electrons. The number of ether oxygens (including phenoxy) is 1. The van der Waals surface area contributed by atoms with Crippen molar-refractivity contribution < 1.29 is 9.84 Å². The van der Waals surface area contributed by atoms with Gasteiger partial charge in [-0.1, -0.05) is 26.8 Å². The highest BCUT2D eigenvalue weighted by Gasteiger charge is 2.31. The molecule has 0 saturated heterocycles. The number of pyridine rings is 1. The lowest BCUT2D eigenvalue weighted by Gasteiger charge is -2.32. The third-order valence-corrected chi connectivity index (χ3v) is 6.86. The second-order valence-electron chi connectivity index (χ2n) is 10.2. The maximum Gasteiger partial charge on any atom is 0.130 e. The van der Waals surface area contributed by atoms with Crippen molar-refractivity contribution in [1.82, 2.24) is 9.55 Å². The Morgan fingerprint density at radius 2 is 1.90 bits per heavy atom. The van der Waals surface area contributed by atoms with E-state index in [1.807, 2.05) is 43.8 Å². The largest absolute Gasteiger partial charge is 0.487 e. The van der Waals surface area contributed by atoms with Crippen molar-refractivity contribution in [3.63, 3.8) is 0 Å². The van der Waals surface area contributed by atoms with Crippen LogP contribution in [-0.4, -0.2) is 25.0 Å². The van der Waals surface area contributed by atoms with Gasteiger partial charge in [0.1, 0.15) is 12.4 Å². The fourth-order valence-corrected chi connectivity index (χ4v) is 5.28. The van der Waals surface area contributed by atoms with Crippen LogP contribution < -0.4 is 4.74 Å². The lowest BCUT2D eigenvalue weighted by atomic mass is 9.92. The first kappa shape index (κ1) is 22.2. The Kier molecular flexibility index (Phi) is 6.10.